The maximum absolute atomic E-state index is 13.3. The van der Waals surface area contributed by atoms with Crippen molar-refractivity contribution in [1.29, 1.82) is 0 Å². The molecule has 3 fully saturated rings. The van der Waals surface area contributed by atoms with Gasteiger partial charge in [0.2, 0.25) is 11.8 Å². The number of nitro benzene ring substituents is 1. The van der Waals surface area contributed by atoms with Gasteiger partial charge in [0.25, 0.3) is 5.69 Å². The number of rotatable bonds is 4. The van der Waals surface area contributed by atoms with E-state index in [2.05, 4.69) is 5.16 Å². The van der Waals surface area contributed by atoms with Gasteiger partial charge in [0, 0.05) is 17.7 Å². The highest BCUT2D eigenvalue weighted by Gasteiger charge is 2.72. The fraction of sp³-hybridized carbons (Fsp3) is 0.318. The zero-order chi connectivity index (χ0) is 22.1. The Morgan fingerprint density at radius 2 is 1.59 bits per heavy atom. The van der Waals surface area contributed by atoms with Crippen molar-refractivity contribution in [1.82, 2.24) is 0 Å². The third-order valence-electron chi connectivity index (χ3n) is 6.74. The minimum Gasteiger partial charge on any atom is -0.497 e. The van der Waals surface area contributed by atoms with Crippen LogP contribution in [-0.2, 0) is 19.2 Å². The monoisotopic (exact) mass is 435 g/mol. The Kier molecular flexibility index (Phi) is 3.91. The van der Waals surface area contributed by atoms with Crippen molar-refractivity contribution >= 4 is 28.9 Å². The molecule has 0 unspecified atom stereocenters. The van der Waals surface area contributed by atoms with Crippen LogP contribution < -0.4 is 9.64 Å². The summed E-state index contributed by atoms with van der Waals surface area (Å²) < 4.78 is 11.3. The van der Waals surface area contributed by atoms with E-state index in [9.17, 15) is 19.7 Å². The van der Waals surface area contributed by atoms with E-state index in [1.54, 1.807) is 7.11 Å². The Labute approximate surface area is 181 Å². The van der Waals surface area contributed by atoms with Gasteiger partial charge in [-0.3, -0.25) is 19.7 Å². The molecule has 0 spiro atoms. The summed E-state index contributed by atoms with van der Waals surface area (Å²) in [4.78, 5) is 43.7. The van der Waals surface area contributed by atoms with E-state index >= 15 is 0 Å². The molecule has 2 aromatic carbocycles. The van der Waals surface area contributed by atoms with Gasteiger partial charge in [0.05, 0.1) is 47.3 Å². The molecule has 3 saturated heterocycles. The first-order valence-electron chi connectivity index (χ1n) is 10.2. The lowest BCUT2D eigenvalue weighted by Crippen LogP contribution is -2.45. The van der Waals surface area contributed by atoms with Gasteiger partial charge < -0.3 is 14.3 Å². The summed E-state index contributed by atoms with van der Waals surface area (Å²) in [6.45, 7) is 0. The molecule has 2 aromatic rings. The Hall–Kier alpha value is -3.79. The van der Waals surface area contributed by atoms with E-state index in [0.717, 1.165) is 10.5 Å². The molecular formula is C22H17N3O7. The Morgan fingerprint density at radius 3 is 2.22 bits per heavy atom. The van der Waals surface area contributed by atoms with Crippen molar-refractivity contribution in [3.8, 4) is 5.75 Å². The average molecular weight is 435 g/mol. The number of ether oxygens (including phenoxy) is 2. The van der Waals surface area contributed by atoms with Crippen LogP contribution in [0.1, 0.15) is 5.56 Å². The Balaban J connectivity index is 1.30. The summed E-state index contributed by atoms with van der Waals surface area (Å²) in [6.07, 6.45) is -1.54. The van der Waals surface area contributed by atoms with E-state index in [1.807, 2.05) is 24.3 Å². The number of hydrogen-bond acceptors (Lipinski definition) is 8. The van der Waals surface area contributed by atoms with E-state index in [1.165, 1.54) is 24.3 Å². The van der Waals surface area contributed by atoms with Crippen molar-refractivity contribution in [3.05, 3.63) is 64.2 Å². The van der Waals surface area contributed by atoms with Gasteiger partial charge in [-0.1, -0.05) is 5.16 Å². The number of amides is 2. The number of carbonyl (C=O) groups excluding carboxylic acids is 2. The standard InChI is InChI=1S/C22H17N3O7/c1-30-13-8-2-10(3-9-13)17-16-18-14-15(19(31-18)20(16)32-23-17)22(27)24(21(14)26)11-4-6-12(7-5-11)25(28)29/h2-9,14-16,18-20H,1H3/t14-,15+,16-,18-,19+,20-/m1/s1. The molecule has 0 radical (unpaired) electrons. The van der Waals surface area contributed by atoms with Gasteiger partial charge in [-0.2, -0.15) is 0 Å². The van der Waals surface area contributed by atoms with Crippen LogP contribution in [0.3, 0.4) is 0 Å². The van der Waals surface area contributed by atoms with Crippen molar-refractivity contribution in [2.75, 3.05) is 12.0 Å². The molecule has 10 heteroatoms. The van der Waals surface area contributed by atoms with Crippen molar-refractivity contribution in [2.24, 2.45) is 22.9 Å². The lowest BCUT2D eigenvalue weighted by Gasteiger charge is -2.26. The molecule has 162 valence electrons. The number of benzene rings is 2. The van der Waals surface area contributed by atoms with E-state index in [0.29, 0.717) is 17.1 Å². The normalized spacial score (nSPS) is 31.9. The first-order valence-corrected chi connectivity index (χ1v) is 10.2. The topological polar surface area (TPSA) is 121 Å². The van der Waals surface area contributed by atoms with Crippen LogP contribution in [0.15, 0.2) is 53.7 Å². The van der Waals surface area contributed by atoms with Gasteiger partial charge in [0.1, 0.15) is 11.9 Å². The SMILES string of the molecule is COc1ccc(C2=NO[C@H]3[C@H]4O[C@@H]([C@@H]23)[C@@H]2C(=O)N(c3ccc([N+](=O)[O-])cc3)C(=O)[C@H]42)cc1. The van der Waals surface area contributed by atoms with E-state index in [-0.39, 0.29) is 23.4 Å². The third-order valence-corrected chi connectivity index (χ3v) is 6.74. The molecule has 4 aliphatic heterocycles. The number of oxime groups is 1. The van der Waals surface area contributed by atoms with E-state index in [4.69, 9.17) is 14.3 Å². The maximum atomic E-state index is 13.3. The molecule has 2 amide bonds. The number of nitrogens with zero attached hydrogens (tertiary/aromatic N) is 3. The quantitative estimate of drug-likeness (QED) is 0.409. The number of nitro groups is 1. The maximum Gasteiger partial charge on any atom is 0.269 e. The Morgan fingerprint density at radius 1 is 0.938 bits per heavy atom. The second-order valence-corrected chi connectivity index (χ2v) is 8.20. The smallest absolute Gasteiger partial charge is 0.269 e. The third kappa shape index (κ3) is 2.41. The van der Waals surface area contributed by atoms with Crippen LogP contribution >= 0.6 is 0 Å². The first-order chi connectivity index (χ1) is 15.5. The molecular weight excluding hydrogens is 418 g/mol. The molecule has 2 bridgehead atoms. The van der Waals surface area contributed by atoms with Crippen LogP contribution in [0.4, 0.5) is 11.4 Å². The van der Waals surface area contributed by atoms with Crippen molar-refractivity contribution in [2.45, 2.75) is 18.3 Å². The number of non-ortho nitro benzene ring substituents is 1. The van der Waals surface area contributed by atoms with Gasteiger partial charge >= 0.3 is 0 Å². The largest absolute Gasteiger partial charge is 0.497 e. The van der Waals surface area contributed by atoms with Crippen LogP contribution in [0.5, 0.6) is 5.75 Å². The van der Waals surface area contributed by atoms with Gasteiger partial charge in [-0.25, -0.2) is 4.90 Å². The molecule has 6 atom stereocenters. The fourth-order valence-corrected chi connectivity index (χ4v) is 5.34. The summed E-state index contributed by atoms with van der Waals surface area (Å²) in [5, 5.41) is 15.2. The first kappa shape index (κ1) is 18.9. The number of anilines is 1. The summed E-state index contributed by atoms with van der Waals surface area (Å²) in [7, 11) is 1.59. The molecule has 6 rings (SSSR count). The molecule has 0 aliphatic carbocycles. The van der Waals surface area contributed by atoms with Crippen LogP contribution in [0.2, 0.25) is 0 Å². The molecule has 4 aliphatic rings. The average Bonchev–Trinajstić information content (AvgIpc) is 3.54. The predicted molar refractivity (Wildman–Crippen MR) is 109 cm³/mol. The van der Waals surface area contributed by atoms with Crippen LogP contribution in [-0.4, -0.2) is 47.9 Å². The fourth-order valence-electron chi connectivity index (χ4n) is 5.34. The zero-order valence-electron chi connectivity index (χ0n) is 16.8. The van der Waals surface area contributed by atoms with E-state index < -0.39 is 35.1 Å². The lowest BCUT2D eigenvalue weighted by atomic mass is 9.71. The highest BCUT2D eigenvalue weighted by molar-refractivity contribution is 6.23. The number of methoxy groups -OCH3 is 1. The van der Waals surface area contributed by atoms with Crippen molar-refractivity contribution < 1.29 is 28.8 Å². The number of carbonyl (C=O) groups is 2. The number of imide groups is 1. The summed E-state index contributed by atoms with van der Waals surface area (Å²) >= 11 is 0. The molecule has 10 nitrogen and oxygen atoms in total. The Bertz CT molecular complexity index is 1180. The van der Waals surface area contributed by atoms with Gasteiger partial charge in [-0.15, -0.1) is 0 Å². The summed E-state index contributed by atoms with van der Waals surface area (Å²) in [6, 6.07) is 12.8. The zero-order valence-corrected chi connectivity index (χ0v) is 16.8. The molecule has 0 aromatic heterocycles. The summed E-state index contributed by atoms with van der Waals surface area (Å²) in [5.74, 6) is -1.59. The molecule has 0 N–H and O–H groups in total. The predicted octanol–water partition coefficient (Wildman–Crippen LogP) is 1.91. The molecule has 32 heavy (non-hydrogen) atoms. The second-order valence-electron chi connectivity index (χ2n) is 8.20. The number of fused-ring (bicyclic) bond motifs is 8. The summed E-state index contributed by atoms with van der Waals surface area (Å²) in [5.41, 5.74) is 1.74. The number of hydrogen-bond donors (Lipinski definition) is 0. The highest BCUT2D eigenvalue weighted by Crippen LogP contribution is 2.55. The highest BCUT2D eigenvalue weighted by atomic mass is 16.7. The van der Waals surface area contributed by atoms with Crippen LogP contribution in [0.25, 0.3) is 0 Å². The van der Waals surface area contributed by atoms with Crippen LogP contribution in [0, 0.1) is 27.9 Å². The van der Waals surface area contributed by atoms with Crippen molar-refractivity contribution in [3.63, 3.8) is 0 Å². The lowest BCUT2D eigenvalue weighted by molar-refractivity contribution is -0.384. The second kappa shape index (κ2) is 6.60. The molecule has 0 saturated carbocycles. The minimum atomic E-state index is -0.658. The van der Waals surface area contributed by atoms with Gasteiger partial charge in [0.15, 0.2) is 6.10 Å². The molecule has 4 heterocycles. The minimum absolute atomic E-state index is 0.111. The van der Waals surface area contributed by atoms with Gasteiger partial charge in [-0.05, 0) is 36.4 Å².